The minimum absolute atomic E-state index is 0.129. The van der Waals surface area contributed by atoms with Crippen LogP contribution in [0.3, 0.4) is 0 Å². The first kappa shape index (κ1) is 25.6. The van der Waals surface area contributed by atoms with Crippen LogP contribution < -0.4 is 5.32 Å². The topological polar surface area (TPSA) is 71.5 Å². The summed E-state index contributed by atoms with van der Waals surface area (Å²) in [5.74, 6) is -0.0201. The van der Waals surface area contributed by atoms with Crippen molar-refractivity contribution in [2.45, 2.75) is 66.8 Å². The van der Waals surface area contributed by atoms with E-state index >= 15 is 0 Å². The number of aromatic nitrogens is 1. The molecule has 146 valence electrons. The lowest BCUT2D eigenvalue weighted by Crippen LogP contribution is -2.39. The molecule has 1 aromatic heterocycles. The second-order valence-corrected chi connectivity index (χ2v) is 5.85. The molecule has 0 fully saturated rings. The number of urea groups is 1. The van der Waals surface area contributed by atoms with Crippen molar-refractivity contribution in [3.05, 3.63) is 16.1 Å². The summed E-state index contributed by atoms with van der Waals surface area (Å²) in [4.78, 5) is 28.8. The number of hydrogen-bond acceptors (Lipinski definition) is 5. The van der Waals surface area contributed by atoms with Gasteiger partial charge in [0.25, 0.3) is 0 Å². The number of nitrogens with zero attached hydrogens (tertiary/aromatic N) is 2. The van der Waals surface area contributed by atoms with Crippen molar-refractivity contribution in [1.29, 1.82) is 0 Å². The number of esters is 1. The van der Waals surface area contributed by atoms with E-state index < -0.39 is 5.97 Å². The van der Waals surface area contributed by atoms with E-state index in [2.05, 4.69) is 28.9 Å². The van der Waals surface area contributed by atoms with Gasteiger partial charge >= 0.3 is 12.0 Å². The quantitative estimate of drug-likeness (QED) is 0.719. The smallest absolute Gasteiger partial charge is 0.325 e. The summed E-state index contributed by atoms with van der Waals surface area (Å²) in [7, 11) is 2.95. The summed E-state index contributed by atoms with van der Waals surface area (Å²) < 4.78 is 4.47. The second kappa shape index (κ2) is 15.9. The summed E-state index contributed by atoms with van der Waals surface area (Å²) >= 11 is 1.63. The lowest BCUT2D eigenvalue weighted by Gasteiger charge is -2.16. The van der Waals surface area contributed by atoms with Crippen LogP contribution >= 0.6 is 11.3 Å². The Morgan fingerprint density at radius 1 is 1.32 bits per heavy atom. The van der Waals surface area contributed by atoms with Crippen molar-refractivity contribution in [3.8, 4) is 0 Å². The van der Waals surface area contributed by atoms with E-state index in [0.717, 1.165) is 23.5 Å². The van der Waals surface area contributed by atoms with Crippen molar-refractivity contribution < 1.29 is 14.3 Å². The van der Waals surface area contributed by atoms with Crippen LogP contribution in [0.15, 0.2) is 5.38 Å². The largest absolute Gasteiger partial charge is 0.468 e. The van der Waals surface area contributed by atoms with Crippen molar-refractivity contribution in [2.24, 2.45) is 0 Å². The van der Waals surface area contributed by atoms with Crippen LogP contribution in [0.2, 0.25) is 0 Å². The zero-order valence-electron chi connectivity index (χ0n) is 17.0. The Labute approximate surface area is 157 Å². The van der Waals surface area contributed by atoms with Gasteiger partial charge in [-0.15, -0.1) is 11.3 Å². The fraction of sp³-hybridized carbons (Fsp3) is 0.722. The number of ether oxygens (including phenoxy) is 1. The Bertz CT molecular complexity index is 478. The maximum absolute atomic E-state index is 11.8. The summed E-state index contributed by atoms with van der Waals surface area (Å²) in [6.07, 6.45) is 2.24. The molecule has 7 heteroatoms. The van der Waals surface area contributed by atoms with Gasteiger partial charge in [0, 0.05) is 18.3 Å². The summed E-state index contributed by atoms with van der Waals surface area (Å²) in [6, 6.07) is -0.323. The molecule has 25 heavy (non-hydrogen) atoms. The zero-order valence-corrected chi connectivity index (χ0v) is 17.8. The van der Waals surface area contributed by atoms with E-state index in [1.165, 1.54) is 12.0 Å². The van der Waals surface area contributed by atoms with E-state index in [1.54, 1.807) is 18.4 Å². The van der Waals surface area contributed by atoms with E-state index in [9.17, 15) is 9.59 Å². The molecule has 0 saturated heterocycles. The Kier molecular flexibility index (Phi) is 16.3. The standard InChI is InChI=1S/C14H23N3O3S.2C2H6/c1-5-6-10(2)13-16-11(9-21-13)8-17(3)14(19)15-7-12(18)20-4;2*1-2/h9-10H,5-8H2,1-4H3,(H,15,19);2*1-2H3. The van der Waals surface area contributed by atoms with Gasteiger partial charge in [-0.05, 0) is 6.42 Å². The average molecular weight is 374 g/mol. The van der Waals surface area contributed by atoms with E-state index in [0.29, 0.717) is 12.5 Å². The average Bonchev–Trinajstić information content (AvgIpc) is 3.11. The Balaban J connectivity index is 0. The number of hydrogen-bond donors (Lipinski definition) is 1. The van der Waals surface area contributed by atoms with Crippen molar-refractivity contribution >= 4 is 23.3 Å². The molecule has 1 heterocycles. The van der Waals surface area contributed by atoms with Crippen LogP contribution in [-0.2, 0) is 16.1 Å². The van der Waals surface area contributed by atoms with Crippen molar-refractivity contribution in [2.75, 3.05) is 20.7 Å². The second-order valence-electron chi connectivity index (χ2n) is 4.96. The van der Waals surface area contributed by atoms with E-state index in [-0.39, 0.29) is 12.6 Å². The fourth-order valence-electron chi connectivity index (χ4n) is 1.85. The third-order valence-electron chi connectivity index (χ3n) is 3.07. The van der Waals surface area contributed by atoms with Crippen LogP contribution in [0, 0.1) is 0 Å². The summed E-state index contributed by atoms with van der Waals surface area (Å²) in [5, 5.41) is 5.58. The predicted octanol–water partition coefficient (Wildman–Crippen LogP) is 4.41. The molecule has 0 radical (unpaired) electrons. The molecule has 0 bridgehead atoms. The molecule has 1 rings (SSSR count). The molecular formula is C18H35N3O3S. The van der Waals surface area contributed by atoms with Crippen molar-refractivity contribution in [3.63, 3.8) is 0 Å². The molecule has 2 amide bonds. The maximum Gasteiger partial charge on any atom is 0.325 e. The first-order valence-electron chi connectivity index (χ1n) is 8.98. The predicted molar refractivity (Wildman–Crippen MR) is 105 cm³/mol. The maximum atomic E-state index is 11.8. The fourth-order valence-corrected chi connectivity index (χ4v) is 2.75. The molecule has 6 nitrogen and oxygen atoms in total. The molecule has 0 spiro atoms. The highest BCUT2D eigenvalue weighted by molar-refractivity contribution is 7.09. The highest BCUT2D eigenvalue weighted by atomic mass is 32.1. The lowest BCUT2D eigenvalue weighted by molar-refractivity contribution is -0.139. The van der Waals surface area contributed by atoms with Gasteiger partial charge in [-0.1, -0.05) is 48.0 Å². The molecule has 1 atom stereocenters. The number of nitrogens with one attached hydrogen (secondary N) is 1. The van der Waals surface area contributed by atoms with Crippen molar-refractivity contribution in [1.82, 2.24) is 15.2 Å². The number of thiazole rings is 1. The van der Waals surface area contributed by atoms with E-state index in [4.69, 9.17) is 0 Å². The molecule has 0 aliphatic rings. The number of rotatable bonds is 7. The number of carbonyl (C=O) groups is 2. The van der Waals surface area contributed by atoms with Crippen LogP contribution in [0.1, 0.15) is 71.0 Å². The van der Waals surface area contributed by atoms with Crippen LogP contribution in [0.4, 0.5) is 4.79 Å². The molecule has 0 aromatic carbocycles. The van der Waals surface area contributed by atoms with Gasteiger partial charge in [0.05, 0.1) is 24.4 Å². The third-order valence-corrected chi connectivity index (χ3v) is 4.20. The van der Waals surface area contributed by atoms with Crippen LogP contribution in [-0.4, -0.2) is 42.6 Å². The van der Waals surface area contributed by atoms with Gasteiger partial charge in [0.2, 0.25) is 0 Å². The Morgan fingerprint density at radius 2 is 1.92 bits per heavy atom. The van der Waals surface area contributed by atoms with Crippen LogP contribution in [0.5, 0.6) is 0 Å². The molecule has 1 N–H and O–H groups in total. The van der Waals surface area contributed by atoms with Gasteiger partial charge in [-0.2, -0.15) is 0 Å². The number of carbonyl (C=O) groups excluding carboxylic acids is 2. The minimum Gasteiger partial charge on any atom is -0.468 e. The van der Waals surface area contributed by atoms with Gasteiger partial charge < -0.3 is 15.0 Å². The molecule has 0 saturated carbocycles. The van der Waals surface area contributed by atoms with Gasteiger partial charge in [-0.25, -0.2) is 9.78 Å². The molecular weight excluding hydrogens is 338 g/mol. The summed E-state index contributed by atoms with van der Waals surface area (Å²) in [5.41, 5.74) is 0.869. The Morgan fingerprint density at radius 3 is 2.44 bits per heavy atom. The monoisotopic (exact) mass is 373 g/mol. The highest BCUT2D eigenvalue weighted by Crippen LogP contribution is 2.24. The number of amides is 2. The normalized spacial score (nSPS) is 10.4. The molecule has 0 aliphatic carbocycles. The minimum atomic E-state index is -0.471. The highest BCUT2D eigenvalue weighted by Gasteiger charge is 2.14. The summed E-state index contributed by atoms with van der Waals surface area (Å²) in [6.45, 7) is 12.6. The molecule has 1 unspecified atom stereocenters. The SMILES string of the molecule is CC.CC.CCCC(C)c1nc(CN(C)C(=O)NCC(=O)OC)cs1. The lowest BCUT2D eigenvalue weighted by atomic mass is 10.1. The first-order chi connectivity index (χ1) is 12.0. The van der Waals surface area contributed by atoms with Gasteiger partial charge in [0.15, 0.2) is 0 Å². The molecule has 1 aromatic rings. The third kappa shape index (κ3) is 10.8. The van der Waals surface area contributed by atoms with E-state index in [1.807, 2.05) is 33.1 Å². The van der Waals surface area contributed by atoms with Gasteiger partial charge in [-0.3, -0.25) is 4.79 Å². The van der Waals surface area contributed by atoms with Gasteiger partial charge in [0.1, 0.15) is 6.54 Å². The van der Waals surface area contributed by atoms with Crippen LogP contribution in [0.25, 0.3) is 0 Å². The zero-order chi connectivity index (χ0) is 19.8. The molecule has 0 aliphatic heterocycles. The number of methoxy groups -OCH3 is 1. The Hall–Kier alpha value is -1.63. The first-order valence-corrected chi connectivity index (χ1v) is 9.86.